The maximum absolute atomic E-state index is 12.8. The van der Waals surface area contributed by atoms with Crippen molar-refractivity contribution in [1.29, 1.82) is 0 Å². The molecule has 0 saturated carbocycles. The zero-order chi connectivity index (χ0) is 19.1. The fraction of sp³-hybridized carbons (Fsp3) is 0.0476. The molecule has 136 valence electrons. The first kappa shape index (κ1) is 16.2. The smallest absolute Gasteiger partial charge is 0.298 e. The molecule has 0 atom stereocenters. The Bertz CT molecular complexity index is 1430. The number of aromatic amines is 1. The number of nitrogens with zero attached hydrogens (tertiary/aromatic N) is 4. The van der Waals surface area contributed by atoms with Gasteiger partial charge in [0.05, 0.1) is 24.5 Å². The summed E-state index contributed by atoms with van der Waals surface area (Å²) in [6, 6.07) is 17.2. The molecule has 28 heavy (non-hydrogen) atoms. The summed E-state index contributed by atoms with van der Waals surface area (Å²) in [5, 5.41) is 6.13. The van der Waals surface area contributed by atoms with Crippen molar-refractivity contribution in [2.24, 2.45) is 5.10 Å². The molecule has 2 aromatic carbocycles. The van der Waals surface area contributed by atoms with Crippen molar-refractivity contribution in [3.05, 3.63) is 77.0 Å². The van der Waals surface area contributed by atoms with E-state index in [0.717, 1.165) is 21.8 Å². The van der Waals surface area contributed by atoms with Crippen LogP contribution in [0.1, 0.15) is 5.69 Å². The highest BCUT2D eigenvalue weighted by Crippen LogP contribution is 2.25. The van der Waals surface area contributed by atoms with Crippen LogP contribution in [-0.4, -0.2) is 33.0 Å². The van der Waals surface area contributed by atoms with E-state index in [0.29, 0.717) is 22.5 Å². The standard InChI is InChI=1S/C21H15N5O2/c1-28-15-8-9-18-16(10-15)19-20(25-18)21(27)26(12-22-19)23-11-14-7-6-13-4-2-3-5-17(13)24-14/h2-12,25H,1H3/b23-11+. The molecule has 5 aromatic rings. The van der Waals surface area contributed by atoms with E-state index in [1.807, 2.05) is 54.6 Å². The van der Waals surface area contributed by atoms with Crippen LogP contribution in [0.25, 0.3) is 32.8 Å². The summed E-state index contributed by atoms with van der Waals surface area (Å²) in [7, 11) is 1.60. The molecular formula is C21H15N5O2. The Kier molecular flexibility index (Phi) is 3.65. The van der Waals surface area contributed by atoms with E-state index in [1.54, 1.807) is 13.3 Å². The van der Waals surface area contributed by atoms with Crippen LogP contribution in [0.5, 0.6) is 5.75 Å². The predicted octanol–water partition coefficient (Wildman–Crippen LogP) is 3.32. The number of pyridine rings is 1. The number of nitrogens with one attached hydrogen (secondary N) is 1. The van der Waals surface area contributed by atoms with E-state index in [-0.39, 0.29) is 5.56 Å². The Morgan fingerprint density at radius 1 is 1.14 bits per heavy atom. The number of H-pyrrole nitrogens is 1. The van der Waals surface area contributed by atoms with Gasteiger partial charge in [-0.15, -0.1) is 0 Å². The number of methoxy groups -OCH3 is 1. The summed E-state index contributed by atoms with van der Waals surface area (Å²) >= 11 is 0. The normalized spacial score (nSPS) is 11.8. The van der Waals surface area contributed by atoms with E-state index >= 15 is 0 Å². The Balaban J connectivity index is 1.58. The largest absolute Gasteiger partial charge is 0.497 e. The van der Waals surface area contributed by atoms with E-state index in [9.17, 15) is 4.79 Å². The lowest BCUT2D eigenvalue weighted by Gasteiger charge is -2.00. The number of rotatable bonds is 3. The highest BCUT2D eigenvalue weighted by Gasteiger charge is 2.11. The first-order chi connectivity index (χ1) is 13.7. The molecule has 0 aliphatic heterocycles. The molecule has 7 heteroatoms. The molecule has 1 N–H and O–H groups in total. The number of ether oxygens (including phenoxy) is 1. The minimum absolute atomic E-state index is 0.280. The molecule has 0 fully saturated rings. The number of fused-ring (bicyclic) bond motifs is 4. The van der Waals surface area contributed by atoms with Gasteiger partial charge in [-0.2, -0.15) is 9.78 Å². The summed E-state index contributed by atoms with van der Waals surface area (Å²) in [5.74, 6) is 0.708. The second-order valence-corrected chi connectivity index (χ2v) is 6.33. The second kappa shape index (κ2) is 6.31. The second-order valence-electron chi connectivity index (χ2n) is 6.33. The van der Waals surface area contributed by atoms with Crippen molar-refractivity contribution in [2.75, 3.05) is 7.11 Å². The van der Waals surface area contributed by atoms with Gasteiger partial charge in [0.1, 0.15) is 23.1 Å². The summed E-state index contributed by atoms with van der Waals surface area (Å²) in [6.45, 7) is 0. The van der Waals surface area contributed by atoms with Crippen LogP contribution in [0.3, 0.4) is 0 Å². The average molecular weight is 369 g/mol. The molecule has 0 radical (unpaired) electrons. The van der Waals surface area contributed by atoms with Crippen molar-refractivity contribution in [2.45, 2.75) is 0 Å². The van der Waals surface area contributed by atoms with Gasteiger partial charge in [0.25, 0.3) is 5.56 Å². The van der Waals surface area contributed by atoms with Crippen molar-refractivity contribution < 1.29 is 4.74 Å². The first-order valence-corrected chi connectivity index (χ1v) is 8.70. The van der Waals surface area contributed by atoms with E-state index in [2.05, 4.69) is 20.1 Å². The Morgan fingerprint density at radius 2 is 2.04 bits per heavy atom. The lowest BCUT2D eigenvalue weighted by atomic mass is 10.2. The highest BCUT2D eigenvalue weighted by molar-refractivity contribution is 6.04. The van der Waals surface area contributed by atoms with Crippen LogP contribution < -0.4 is 10.3 Å². The highest BCUT2D eigenvalue weighted by atomic mass is 16.5. The van der Waals surface area contributed by atoms with Crippen molar-refractivity contribution in [3.63, 3.8) is 0 Å². The predicted molar refractivity (Wildman–Crippen MR) is 109 cm³/mol. The molecule has 0 aliphatic rings. The van der Waals surface area contributed by atoms with Crippen LogP contribution in [0.15, 0.2) is 70.8 Å². The van der Waals surface area contributed by atoms with Crippen LogP contribution in [0, 0.1) is 0 Å². The monoisotopic (exact) mass is 369 g/mol. The topological polar surface area (TPSA) is 85.2 Å². The quantitative estimate of drug-likeness (QED) is 0.495. The molecular weight excluding hydrogens is 354 g/mol. The van der Waals surface area contributed by atoms with Crippen LogP contribution in [-0.2, 0) is 0 Å². The molecule has 3 heterocycles. The molecule has 0 spiro atoms. The maximum atomic E-state index is 12.8. The lowest BCUT2D eigenvalue weighted by molar-refractivity contribution is 0.415. The third-order valence-electron chi connectivity index (χ3n) is 4.63. The fourth-order valence-corrected chi connectivity index (χ4v) is 3.21. The zero-order valence-electron chi connectivity index (χ0n) is 15.0. The minimum Gasteiger partial charge on any atom is -0.497 e. The summed E-state index contributed by atoms with van der Waals surface area (Å²) in [4.78, 5) is 24.9. The molecule has 0 unspecified atom stereocenters. The van der Waals surface area contributed by atoms with Crippen molar-refractivity contribution >= 4 is 39.1 Å². The van der Waals surface area contributed by atoms with Gasteiger partial charge in [-0.25, -0.2) is 9.97 Å². The first-order valence-electron chi connectivity index (χ1n) is 8.70. The summed E-state index contributed by atoms with van der Waals surface area (Å²) < 4.78 is 6.46. The number of aromatic nitrogens is 4. The SMILES string of the molecule is COc1ccc2[nH]c3c(=O)n(/N=C/c4ccc5ccccc5n4)cnc3c2c1. The van der Waals surface area contributed by atoms with Gasteiger partial charge in [0, 0.05) is 16.3 Å². The number of para-hydroxylation sites is 1. The van der Waals surface area contributed by atoms with Gasteiger partial charge in [0.15, 0.2) is 0 Å². The number of hydrogen-bond donors (Lipinski definition) is 1. The van der Waals surface area contributed by atoms with E-state index < -0.39 is 0 Å². The molecule has 3 aromatic heterocycles. The number of benzene rings is 2. The number of hydrogen-bond acceptors (Lipinski definition) is 5. The lowest BCUT2D eigenvalue weighted by Crippen LogP contribution is -2.17. The molecule has 7 nitrogen and oxygen atoms in total. The Morgan fingerprint density at radius 3 is 2.93 bits per heavy atom. The molecule has 0 saturated heterocycles. The van der Waals surface area contributed by atoms with E-state index in [4.69, 9.17) is 4.74 Å². The summed E-state index contributed by atoms with van der Waals surface area (Å²) in [5.41, 5.74) is 3.06. The minimum atomic E-state index is -0.280. The zero-order valence-corrected chi connectivity index (χ0v) is 15.0. The maximum Gasteiger partial charge on any atom is 0.298 e. The van der Waals surface area contributed by atoms with Gasteiger partial charge in [-0.1, -0.05) is 24.3 Å². The summed E-state index contributed by atoms with van der Waals surface area (Å²) in [6.07, 6.45) is 2.96. The molecule has 5 rings (SSSR count). The van der Waals surface area contributed by atoms with Crippen LogP contribution in [0.4, 0.5) is 0 Å². The third-order valence-corrected chi connectivity index (χ3v) is 4.63. The van der Waals surface area contributed by atoms with Gasteiger partial charge in [-0.05, 0) is 30.3 Å². The van der Waals surface area contributed by atoms with Crippen LogP contribution >= 0.6 is 0 Å². The average Bonchev–Trinajstić information content (AvgIpc) is 3.12. The van der Waals surface area contributed by atoms with E-state index in [1.165, 1.54) is 11.0 Å². The third kappa shape index (κ3) is 2.61. The van der Waals surface area contributed by atoms with Crippen molar-refractivity contribution in [3.8, 4) is 5.75 Å². The molecule has 0 aliphatic carbocycles. The van der Waals surface area contributed by atoms with Gasteiger partial charge < -0.3 is 9.72 Å². The van der Waals surface area contributed by atoms with Gasteiger partial charge in [-0.3, -0.25) is 4.79 Å². The van der Waals surface area contributed by atoms with Gasteiger partial charge in [0.2, 0.25) is 0 Å². The van der Waals surface area contributed by atoms with Gasteiger partial charge >= 0.3 is 0 Å². The molecule has 0 amide bonds. The molecule has 0 bridgehead atoms. The van der Waals surface area contributed by atoms with Crippen molar-refractivity contribution in [1.82, 2.24) is 19.6 Å². The van der Waals surface area contributed by atoms with Crippen LogP contribution in [0.2, 0.25) is 0 Å². The Hall–Kier alpha value is -4.00. The Labute approximate surface area is 158 Å². The fourth-order valence-electron chi connectivity index (χ4n) is 3.21.